The Hall–Kier alpha value is -1.28. The van der Waals surface area contributed by atoms with E-state index in [0.29, 0.717) is 17.9 Å². The zero-order valence-corrected chi connectivity index (χ0v) is 16.7. The normalized spacial score (nSPS) is 26.8. The van der Waals surface area contributed by atoms with Gasteiger partial charge in [0.2, 0.25) is 0 Å². The van der Waals surface area contributed by atoms with E-state index >= 15 is 0 Å². The minimum absolute atomic E-state index is 0.106. The SMILES string of the molecule is CC=CC1CCC(C2CC=C(c3ccc(OCC)c(Cl)c3F)CC2)CC1. The van der Waals surface area contributed by atoms with E-state index < -0.39 is 0 Å². The van der Waals surface area contributed by atoms with Crippen LogP contribution in [0.15, 0.2) is 30.4 Å². The maximum Gasteiger partial charge on any atom is 0.153 e. The summed E-state index contributed by atoms with van der Waals surface area (Å²) in [7, 11) is 0. The minimum Gasteiger partial charge on any atom is -0.492 e. The maximum atomic E-state index is 14.7. The van der Waals surface area contributed by atoms with E-state index in [4.69, 9.17) is 16.3 Å². The van der Waals surface area contributed by atoms with Crippen LogP contribution in [0, 0.1) is 23.6 Å². The first-order valence-corrected chi connectivity index (χ1v) is 10.4. The van der Waals surface area contributed by atoms with Crippen molar-refractivity contribution in [3.63, 3.8) is 0 Å². The molecule has 26 heavy (non-hydrogen) atoms. The van der Waals surface area contributed by atoms with Crippen LogP contribution in [0.4, 0.5) is 4.39 Å². The molecule has 1 atom stereocenters. The van der Waals surface area contributed by atoms with Crippen LogP contribution in [0.5, 0.6) is 5.75 Å². The summed E-state index contributed by atoms with van der Waals surface area (Å²) in [5.74, 6) is 2.47. The van der Waals surface area contributed by atoms with Crippen LogP contribution in [-0.4, -0.2) is 6.61 Å². The smallest absolute Gasteiger partial charge is 0.153 e. The topological polar surface area (TPSA) is 9.23 Å². The molecular weight excluding hydrogens is 347 g/mol. The zero-order valence-electron chi connectivity index (χ0n) is 15.9. The van der Waals surface area contributed by atoms with Gasteiger partial charge in [-0.05, 0) is 94.3 Å². The van der Waals surface area contributed by atoms with Crippen LogP contribution < -0.4 is 4.74 Å². The predicted octanol–water partition coefficient (Wildman–Crippen LogP) is 7.44. The number of ether oxygens (including phenoxy) is 1. The molecule has 2 aliphatic rings. The highest BCUT2D eigenvalue weighted by Gasteiger charge is 2.28. The molecule has 2 aliphatic carbocycles. The lowest BCUT2D eigenvalue weighted by Gasteiger charge is -2.35. The molecule has 0 saturated heterocycles. The first-order chi connectivity index (χ1) is 12.6. The molecule has 3 rings (SSSR count). The summed E-state index contributed by atoms with van der Waals surface area (Å²) in [6.45, 7) is 4.48. The van der Waals surface area contributed by atoms with Gasteiger partial charge >= 0.3 is 0 Å². The Labute approximate surface area is 162 Å². The van der Waals surface area contributed by atoms with Crippen molar-refractivity contribution < 1.29 is 9.13 Å². The van der Waals surface area contributed by atoms with Crippen LogP contribution in [0.3, 0.4) is 0 Å². The highest BCUT2D eigenvalue weighted by Crippen LogP contribution is 2.42. The van der Waals surface area contributed by atoms with Crippen LogP contribution in [0.25, 0.3) is 5.57 Å². The molecule has 1 aromatic carbocycles. The van der Waals surface area contributed by atoms with E-state index in [1.165, 1.54) is 25.7 Å². The van der Waals surface area contributed by atoms with Gasteiger partial charge in [-0.3, -0.25) is 0 Å². The van der Waals surface area contributed by atoms with E-state index in [0.717, 1.165) is 42.6 Å². The molecule has 0 radical (unpaired) electrons. The van der Waals surface area contributed by atoms with Gasteiger partial charge in [0, 0.05) is 5.56 Å². The van der Waals surface area contributed by atoms with Crippen molar-refractivity contribution >= 4 is 17.2 Å². The summed E-state index contributed by atoms with van der Waals surface area (Å²) in [4.78, 5) is 0. The largest absolute Gasteiger partial charge is 0.492 e. The van der Waals surface area contributed by atoms with Crippen molar-refractivity contribution in [1.82, 2.24) is 0 Å². The Morgan fingerprint density at radius 3 is 2.54 bits per heavy atom. The van der Waals surface area contributed by atoms with Gasteiger partial charge in [0.25, 0.3) is 0 Å². The van der Waals surface area contributed by atoms with Crippen molar-refractivity contribution in [2.24, 2.45) is 17.8 Å². The van der Waals surface area contributed by atoms with E-state index in [1.54, 1.807) is 6.07 Å². The molecule has 1 unspecified atom stereocenters. The number of halogens is 2. The molecule has 0 aliphatic heterocycles. The number of hydrogen-bond donors (Lipinski definition) is 0. The van der Waals surface area contributed by atoms with Crippen molar-refractivity contribution in [1.29, 1.82) is 0 Å². The lowest BCUT2D eigenvalue weighted by atomic mass is 9.71. The van der Waals surface area contributed by atoms with E-state index in [9.17, 15) is 4.39 Å². The summed E-state index contributed by atoms with van der Waals surface area (Å²) < 4.78 is 20.1. The molecule has 0 N–H and O–H groups in total. The molecule has 1 saturated carbocycles. The highest BCUT2D eigenvalue weighted by molar-refractivity contribution is 6.32. The third-order valence-corrected chi connectivity index (χ3v) is 6.44. The Morgan fingerprint density at radius 2 is 1.92 bits per heavy atom. The van der Waals surface area contributed by atoms with Crippen molar-refractivity contribution in [3.05, 3.63) is 46.8 Å². The predicted molar refractivity (Wildman–Crippen MR) is 108 cm³/mol. The summed E-state index contributed by atoms with van der Waals surface area (Å²) in [6.07, 6.45) is 15.3. The average Bonchev–Trinajstić information content (AvgIpc) is 2.67. The fourth-order valence-corrected chi connectivity index (χ4v) is 4.87. The summed E-state index contributed by atoms with van der Waals surface area (Å²) >= 11 is 6.15. The lowest BCUT2D eigenvalue weighted by molar-refractivity contribution is 0.212. The van der Waals surface area contributed by atoms with Gasteiger partial charge in [-0.25, -0.2) is 4.39 Å². The standard InChI is InChI=1S/C23H30ClFO/c1-3-5-16-6-8-17(9-7-16)18-10-12-19(13-11-18)20-14-15-21(26-4-2)22(24)23(20)25/h3,5,12,14-18H,4,6-11,13H2,1-2H3. The molecule has 1 fully saturated rings. The number of hydrogen-bond acceptors (Lipinski definition) is 1. The molecule has 0 bridgehead atoms. The zero-order chi connectivity index (χ0) is 18.5. The fourth-order valence-electron chi connectivity index (χ4n) is 4.65. The second kappa shape index (κ2) is 9.08. The first kappa shape index (κ1) is 19.5. The monoisotopic (exact) mass is 376 g/mol. The highest BCUT2D eigenvalue weighted by atomic mass is 35.5. The van der Waals surface area contributed by atoms with Gasteiger partial charge in [0.1, 0.15) is 10.8 Å². The van der Waals surface area contributed by atoms with Gasteiger partial charge < -0.3 is 4.74 Å². The molecule has 1 aromatic rings. The second-order valence-electron chi connectivity index (χ2n) is 7.64. The number of rotatable bonds is 5. The summed E-state index contributed by atoms with van der Waals surface area (Å²) in [6, 6.07) is 3.61. The van der Waals surface area contributed by atoms with Crippen LogP contribution in [0.1, 0.15) is 64.4 Å². The third kappa shape index (κ3) is 4.34. The molecule has 3 heteroatoms. The Balaban J connectivity index is 1.64. The van der Waals surface area contributed by atoms with E-state index in [2.05, 4.69) is 25.2 Å². The molecular formula is C23H30ClFO. The minimum atomic E-state index is -0.339. The second-order valence-corrected chi connectivity index (χ2v) is 8.01. The van der Waals surface area contributed by atoms with Gasteiger partial charge in [0.05, 0.1) is 6.61 Å². The summed E-state index contributed by atoms with van der Waals surface area (Å²) in [5.41, 5.74) is 1.75. The third-order valence-electron chi connectivity index (χ3n) is 6.09. The van der Waals surface area contributed by atoms with E-state index in [-0.39, 0.29) is 10.8 Å². The van der Waals surface area contributed by atoms with Gasteiger partial charge in [-0.15, -0.1) is 0 Å². The van der Waals surface area contributed by atoms with Crippen LogP contribution >= 0.6 is 11.6 Å². The van der Waals surface area contributed by atoms with Gasteiger partial charge in [0.15, 0.2) is 5.82 Å². The number of allylic oxidation sites excluding steroid dienone is 4. The Morgan fingerprint density at radius 1 is 1.15 bits per heavy atom. The molecule has 0 spiro atoms. The molecule has 142 valence electrons. The van der Waals surface area contributed by atoms with E-state index in [1.807, 2.05) is 13.0 Å². The lowest BCUT2D eigenvalue weighted by Crippen LogP contribution is -2.22. The quantitative estimate of drug-likeness (QED) is 0.485. The molecule has 0 aromatic heterocycles. The van der Waals surface area contributed by atoms with Crippen molar-refractivity contribution in [3.8, 4) is 5.75 Å². The Kier molecular flexibility index (Phi) is 6.80. The van der Waals surface area contributed by atoms with Crippen LogP contribution in [0.2, 0.25) is 5.02 Å². The van der Waals surface area contributed by atoms with Gasteiger partial charge in [-0.1, -0.05) is 29.8 Å². The fraction of sp³-hybridized carbons (Fsp3) is 0.565. The van der Waals surface area contributed by atoms with Crippen molar-refractivity contribution in [2.75, 3.05) is 6.61 Å². The summed E-state index contributed by atoms with van der Waals surface area (Å²) in [5, 5.41) is 0.106. The van der Waals surface area contributed by atoms with Gasteiger partial charge in [-0.2, -0.15) is 0 Å². The molecule has 0 heterocycles. The number of benzene rings is 1. The molecule has 1 nitrogen and oxygen atoms in total. The van der Waals surface area contributed by atoms with Crippen LogP contribution in [-0.2, 0) is 0 Å². The maximum absolute atomic E-state index is 14.7. The molecule has 0 amide bonds. The van der Waals surface area contributed by atoms with Crippen molar-refractivity contribution in [2.45, 2.75) is 58.8 Å². The Bertz CT molecular complexity index is 671. The average molecular weight is 377 g/mol. The first-order valence-electron chi connectivity index (χ1n) is 10.1.